The summed E-state index contributed by atoms with van der Waals surface area (Å²) in [5.74, 6) is -1.08. The fourth-order valence-electron chi connectivity index (χ4n) is 7.26. The minimum Gasteiger partial charge on any atom is -0.469 e. The van der Waals surface area contributed by atoms with Gasteiger partial charge in [-0.15, -0.1) is 5.10 Å². The smallest absolute Gasteiger partial charge is 0.311 e. The quantitative estimate of drug-likeness (QED) is 0.299. The van der Waals surface area contributed by atoms with Crippen LogP contribution in [-0.4, -0.2) is 60.9 Å². The van der Waals surface area contributed by atoms with Crippen molar-refractivity contribution in [3.05, 3.63) is 89.0 Å². The number of carbonyl (C=O) groups excluding carboxylic acids is 2. The highest BCUT2D eigenvalue weighted by atomic mass is 35.5. The summed E-state index contributed by atoms with van der Waals surface area (Å²) in [5, 5.41) is 12.1. The molecule has 2 bridgehead atoms. The molecule has 2 aromatic carbocycles. The first kappa shape index (κ1) is 28.5. The second-order valence-electron chi connectivity index (χ2n) is 12.0. The van der Waals surface area contributed by atoms with Crippen molar-refractivity contribution in [2.24, 2.45) is 5.41 Å². The van der Waals surface area contributed by atoms with Gasteiger partial charge in [-0.3, -0.25) is 14.9 Å². The third-order valence-electron chi connectivity index (χ3n) is 9.75. The Bertz CT molecular complexity index is 1720. The van der Waals surface area contributed by atoms with Crippen LogP contribution in [0.1, 0.15) is 66.3 Å². The first-order valence-corrected chi connectivity index (χ1v) is 15.1. The van der Waals surface area contributed by atoms with Gasteiger partial charge < -0.3 is 9.64 Å². The standard InChI is InChI=1S/C32H31ClFN7O3/c1-44-30(43)31-9-12-32(13-10-31,14-11-31)37-28-23-5-2-4-21(20-16-35-19-36-17-20)22(23)8-15-40(28)29(42)25-18-41(39-38-25)26-7-3-6-24(33)27(26)34/h2-7,16-19,28,37H,8-15H2,1H3. The third-order valence-corrected chi connectivity index (χ3v) is 10.0. The summed E-state index contributed by atoms with van der Waals surface area (Å²) in [6.45, 7) is 0.425. The highest BCUT2D eigenvalue weighted by Gasteiger charge is 2.54. The number of amides is 1. The molecule has 12 heteroatoms. The molecule has 4 aromatic rings. The number of ether oxygens (including phenoxy) is 1. The lowest BCUT2D eigenvalue weighted by Crippen LogP contribution is -2.61. The van der Waals surface area contributed by atoms with Crippen molar-refractivity contribution < 1.29 is 18.7 Å². The molecule has 1 N–H and O–H groups in total. The van der Waals surface area contributed by atoms with Gasteiger partial charge in [-0.2, -0.15) is 0 Å². The van der Waals surface area contributed by atoms with E-state index in [2.05, 4.69) is 37.7 Å². The number of esters is 1. The van der Waals surface area contributed by atoms with Crippen LogP contribution in [0, 0.1) is 11.2 Å². The molecule has 3 fully saturated rings. The Balaban J connectivity index is 1.24. The number of carbonyl (C=O) groups is 2. The van der Waals surface area contributed by atoms with Gasteiger partial charge in [-0.1, -0.05) is 41.1 Å². The molecule has 3 heterocycles. The summed E-state index contributed by atoms with van der Waals surface area (Å²) in [4.78, 5) is 37.1. The SMILES string of the molecule is COC(=O)C12CCC(NC3c4cccc(-c5cncnc5)c4CCN3C(=O)c3cn(-c4cccc(Cl)c4F)nn3)(CC1)CC2. The highest BCUT2D eigenvalue weighted by molar-refractivity contribution is 6.30. The van der Waals surface area contributed by atoms with Crippen molar-refractivity contribution in [3.63, 3.8) is 0 Å². The van der Waals surface area contributed by atoms with E-state index >= 15 is 0 Å². The van der Waals surface area contributed by atoms with Crippen molar-refractivity contribution in [2.45, 2.75) is 56.7 Å². The first-order valence-electron chi connectivity index (χ1n) is 14.7. The Morgan fingerprint density at radius 1 is 1.05 bits per heavy atom. The molecule has 1 aliphatic heterocycles. The maximum Gasteiger partial charge on any atom is 0.311 e. The number of methoxy groups -OCH3 is 1. The second kappa shape index (κ2) is 11.0. The van der Waals surface area contributed by atoms with Crippen LogP contribution in [0.2, 0.25) is 5.02 Å². The zero-order valence-electron chi connectivity index (χ0n) is 24.2. The Morgan fingerprint density at radius 3 is 2.50 bits per heavy atom. The summed E-state index contributed by atoms with van der Waals surface area (Å²) < 4.78 is 21.1. The van der Waals surface area contributed by atoms with E-state index in [0.717, 1.165) is 60.8 Å². The van der Waals surface area contributed by atoms with E-state index in [0.29, 0.717) is 13.0 Å². The molecule has 3 aliphatic carbocycles. The van der Waals surface area contributed by atoms with Crippen LogP contribution in [0.4, 0.5) is 4.39 Å². The summed E-state index contributed by atoms with van der Waals surface area (Å²) in [6, 6.07) is 10.7. The lowest BCUT2D eigenvalue weighted by Gasteiger charge is -2.54. The molecular formula is C32H31ClFN7O3. The first-order chi connectivity index (χ1) is 21.3. The van der Waals surface area contributed by atoms with E-state index in [1.54, 1.807) is 23.4 Å². The zero-order valence-corrected chi connectivity index (χ0v) is 24.9. The number of hydrogen-bond donors (Lipinski definition) is 1. The van der Waals surface area contributed by atoms with Gasteiger partial charge in [0.2, 0.25) is 0 Å². The highest BCUT2D eigenvalue weighted by Crippen LogP contribution is 2.54. The van der Waals surface area contributed by atoms with Crippen molar-refractivity contribution in [1.82, 2.24) is 35.2 Å². The molecule has 44 heavy (non-hydrogen) atoms. The predicted octanol–water partition coefficient (Wildman–Crippen LogP) is 5.07. The summed E-state index contributed by atoms with van der Waals surface area (Å²) in [7, 11) is 1.46. The third kappa shape index (κ3) is 4.75. The minimum atomic E-state index is -0.640. The fraction of sp³-hybridized carbons (Fsp3) is 0.375. The Hall–Kier alpha value is -4.22. The van der Waals surface area contributed by atoms with E-state index in [4.69, 9.17) is 16.3 Å². The normalized spacial score (nSPS) is 24.2. The zero-order chi connectivity index (χ0) is 30.5. The molecular weight excluding hydrogens is 585 g/mol. The minimum absolute atomic E-state index is 0.0437. The van der Waals surface area contributed by atoms with E-state index < -0.39 is 17.4 Å². The van der Waals surface area contributed by atoms with Gasteiger partial charge in [0, 0.05) is 30.0 Å². The van der Waals surface area contributed by atoms with Crippen LogP contribution < -0.4 is 5.32 Å². The van der Waals surface area contributed by atoms with E-state index in [1.807, 2.05) is 6.07 Å². The van der Waals surface area contributed by atoms with Gasteiger partial charge in [0.1, 0.15) is 18.2 Å². The van der Waals surface area contributed by atoms with Gasteiger partial charge in [0.05, 0.1) is 23.7 Å². The summed E-state index contributed by atoms with van der Waals surface area (Å²) in [5.41, 5.74) is 3.58. The van der Waals surface area contributed by atoms with Gasteiger partial charge in [0.25, 0.3) is 5.91 Å². The maximum atomic E-state index is 14.7. The fourth-order valence-corrected chi connectivity index (χ4v) is 7.43. The van der Waals surface area contributed by atoms with Gasteiger partial charge in [0.15, 0.2) is 11.5 Å². The Labute approximate surface area is 258 Å². The van der Waals surface area contributed by atoms with Gasteiger partial charge in [-0.05, 0) is 73.8 Å². The molecule has 1 amide bonds. The van der Waals surface area contributed by atoms with Gasteiger partial charge in [-0.25, -0.2) is 19.0 Å². The largest absolute Gasteiger partial charge is 0.469 e. The van der Waals surface area contributed by atoms with Crippen LogP contribution in [-0.2, 0) is 16.0 Å². The lowest BCUT2D eigenvalue weighted by atomic mass is 9.57. The van der Waals surface area contributed by atoms with E-state index in [1.165, 1.54) is 36.4 Å². The number of benzene rings is 2. The number of aromatic nitrogens is 5. The molecule has 8 rings (SSSR count). The van der Waals surface area contributed by atoms with Crippen LogP contribution in [0.5, 0.6) is 0 Å². The van der Waals surface area contributed by atoms with Crippen LogP contribution in [0.25, 0.3) is 16.8 Å². The van der Waals surface area contributed by atoms with Gasteiger partial charge >= 0.3 is 5.97 Å². The van der Waals surface area contributed by atoms with Crippen molar-refractivity contribution in [3.8, 4) is 16.8 Å². The average molecular weight is 616 g/mol. The molecule has 0 saturated heterocycles. The molecule has 0 spiro atoms. The number of nitrogens with one attached hydrogen (secondary N) is 1. The number of nitrogens with zero attached hydrogens (tertiary/aromatic N) is 6. The molecule has 1 unspecified atom stereocenters. The maximum absolute atomic E-state index is 14.7. The molecule has 4 aliphatic rings. The number of rotatable bonds is 6. The van der Waals surface area contributed by atoms with Crippen LogP contribution >= 0.6 is 11.6 Å². The summed E-state index contributed by atoms with van der Waals surface area (Å²) >= 11 is 5.98. The van der Waals surface area contributed by atoms with E-state index in [-0.39, 0.29) is 33.8 Å². The van der Waals surface area contributed by atoms with E-state index in [9.17, 15) is 14.0 Å². The number of fused-ring (bicyclic) bond motifs is 4. The molecule has 226 valence electrons. The second-order valence-corrected chi connectivity index (χ2v) is 12.4. The van der Waals surface area contributed by atoms with Crippen LogP contribution in [0.3, 0.4) is 0 Å². The average Bonchev–Trinajstić information content (AvgIpc) is 3.56. The van der Waals surface area contributed by atoms with Crippen molar-refractivity contribution >= 4 is 23.5 Å². The van der Waals surface area contributed by atoms with Crippen LogP contribution in [0.15, 0.2) is 61.3 Å². The lowest BCUT2D eigenvalue weighted by molar-refractivity contribution is -0.161. The molecule has 1 atom stereocenters. The van der Waals surface area contributed by atoms with Crippen molar-refractivity contribution in [1.29, 1.82) is 0 Å². The monoisotopic (exact) mass is 615 g/mol. The molecule has 3 saturated carbocycles. The summed E-state index contributed by atoms with van der Waals surface area (Å²) in [6.07, 6.45) is 11.3. The molecule has 0 radical (unpaired) electrons. The van der Waals surface area contributed by atoms with Crippen molar-refractivity contribution in [2.75, 3.05) is 13.7 Å². The Morgan fingerprint density at radius 2 is 1.77 bits per heavy atom. The molecule has 10 nitrogen and oxygen atoms in total. The number of halogens is 2. The topological polar surface area (TPSA) is 115 Å². The Kier molecular flexibility index (Phi) is 7.17. The number of hydrogen-bond acceptors (Lipinski definition) is 8. The predicted molar refractivity (Wildman–Crippen MR) is 159 cm³/mol. The molecule has 2 aromatic heterocycles.